The third-order valence-corrected chi connectivity index (χ3v) is 3.42. The summed E-state index contributed by atoms with van der Waals surface area (Å²) >= 11 is 1.96. The van der Waals surface area contributed by atoms with Crippen molar-refractivity contribution in [3.8, 4) is 0 Å². The molecule has 0 aliphatic rings. The van der Waals surface area contributed by atoms with E-state index in [4.69, 9.17) is 5.11 Å². The van der Waals surface area contributed by atoms with Crippen molar-refractivity contribution in [3.63, 3.8) is 0 Å². The van der Waals surface area contributed by atoms with Crippen LogP contribution in [0.15, 0.2) is 18.2 Å². The Morgan fingerprint density at radius 3 is 2.67 bits per heavy atom. The maximum Gasteiger partial charge on any atom is 0.337 e. The van der Waals surface area contributed by atoms with Crippen LogP contribution in [0.2, 0.25) is 0 Å². The number of benzene rings is 1. The normalized spacial score (nSPS) is 11.9. The summed E-state index contributed by atoms with van der Waals surface area (Å²) in [6.45, 7) is 0. The maximum absolute atomic E-state index is 11.1. The molecule has 0 aliphatic heterocycles. The molecular weight excluding hydrogens is 351 g/mol. The SMILES string of the molecule is COC(=O)CCc1cccc(I)c1C(O)C(=O)O. The Morgan fingerprint density at radius 1 is 1.44 bits per heavy atom. The molecule has 1 aromatic carbocycles. The number of hydrogen-bond acceptors (Lipinski definition) is 4. The van der Waals surface area contributed by atoms with E-state index in [1.807, 2.05) is 22.6 Å². The van der Waals surface area contributed by atoms with Gasteiger partial charge in [-0.2, -0.15) is 0 Å². The number of halogens is 1. The summed E-state index contributed by atoms with van der Waals surface area (Å²) in [6.07, 6.45) is -1.09. The van der Waals surface area contributed by atoms with E-state index < -0.39 is 12.1 Å². The molecule has 0 amide bonds. The van der Waals surface area contributed by atoms with Crippen LogP contribution in [0, 0.1) is 3.57 Å². The van der Waals surface area contributed by atoms with Crippen LogP contribution in [-0.4, -0.2) is 29.3 Å². The molecule has 0 radical (unpaired) electrons. The molecule has 0 fully saturated rings. The minimum atomic E-state index is -1.58. The zero-order chi connectivity index (χ0) is 13.7. The summed E-state index contributed by atoms with van der Waals surface area (Å²) in [4.78, 5) is 21.9. The Bertz CT molecular complexity index is 458. The van der Waals surface area contributed by atoms with Crippen molar-refractivity contribution in [2.75, 3.05) is 7.11 Å². The van der Waals surface area contributed by atoms with E-state index in [2.05, 4.69) is 4.74 Å². The van der Waals surface area contributed by atoms with Gasteiger partial charge in [0, 0.05) is 15.6 Å². The van der Waals surface area contributed by atoms with Gasteiger partial charge in [-0.05, 0) is 40.6 Å². The van der Waals surface area contributed by atoms with Crippen molar-refractivity contribution in [3.05, 3.63) is 32.9 Å². The number of esters is 1. The lowest BCUT2D eigenvalue weighted by molar-refractivity contribution is -0.147. The third kappa shape index (κ3) is 3.67. The van der Waals surface area contributed by atoms with Crippen molar-refractivity contribution < 1.29 is 24.5 Å². The molecule has 1 atom stereocenters. The van der Waals surface area contributed by atoms with Crippen LogP contribution in [0.4, 0.5) is 0 Å². The minimum absolute atomic E-state index is 0.149. The van der Waals surface area contributed by atoms with Crippen LogP contribution < -0.4 is 0 Å². The van der Waals surface area contributed by atoms with E-state index in [1.165, 1.54) is 7.11 Å². The van der Waals surface area contributed by atoms with Gasteiger partial charge in [0.05, 0.1) is 7.11 Å². The number of methoxy groups -OCH3 is 1. The first kappa shape index (κ1) is 14.9. The lowest BCUT2D eigenvalue weighted by Crippen LogP contribution is -2.15. The molecule has 0 spiro atoms. The van der Waals surface area contributed by atoms with E-state index in [0.29, 0.717) is 21.1 Å². The van der Waals surface area contributed by atoms with Crippen LogP contribution in [0.3, 0.4) is 0 Å². The van der Waals surface area contributed by atoms with Gasteiger partial charge >= 0.3 is 11.9 Å². The molecule has 1 unspecified atom stereocenters. The van der Waals surface area contributed by atoms with Gasteiger partial charge in [-0.15, -0.1) is 0 Å². The number of rotatable bonds is 5. The molecule has 98 valence electrons. The van der Waals surface area contributed by atoms with E-state index in [0.717, 1.165) is 0 Å². The van der Waals surface area contributed by atoms with Gasteiger partial charge in [0.15, 0.2) is 6.10 Å². The van der Waals surface area contributed by atoms with Crippen molar-refractivity contribution in [1.29, 1.82) is 0 Å². The monoisotopic (exact) mass is 364 g/mol. The molecule has 18 heavy (non-hydrogen) atoms. The van der Waals surface area contributed by atoms with E-state index in [1.54, 1.807) is 18.2 Å². The fraction of sp³-hybridized carbons (Fsp3) is 0.333. The highest BCUT2D eigenvalue weighted by atomic mass is 127. The maximum atomic E-state index is 11.1. The van der Waals surface area contributed by atoms with Gasteiger partial charge in [0.25, 0.3) is 0 Å². The summed E-state index contributed by atoms with van der Waals surface area (Å²) in [5.74, 6) is -1.68. The third-order valence-electron chi connectivity index (χ3n) is 2.48. The van der Waals surface area contributed by atoms with E-state index >= 15 is 0 Å². The fourth-order valence-electron chi connectivity index (χ4n) is 1.57. The number of hydrogen-bond donors (Lipinski definition) is 2. The van der Waals surface area contributed by atoms with Gasteiger partial charge in [-0.1, -0.05) is 12.1 Å². The fourth-order valence-corrected chi connectivity index (χ4v) is 2.42. The molecule has 0 heterocycles. The van der Waals surface area contributed by atoms with Crippen LogP contribution in [0.5, 0.6) is 0 Å². The molecule has 0 saturated heterocycles. The molecule has 6 heteroatoms. The molecule has 0 saturated carbocycles. The first-order chi connectivity index (χ1) is 8.47. The Labute approximate surface area is 118 Å². The number of carbonyl (C=O) groups excluding carboxylic acids is 1. The van der Waals surface area contributed by atoms with Gasteiger partial charge in [-0.25, -0.2) is 4.79 Å². The Balaban J connectivity index is 3.00. The van der Waals surface area contributed by atoms with Crippen LogP contribution in [0.1, 0.15) is 23.7 Å². The van der Waals surface area contributed by atoms with Crippen molar-refractivity contribution in [2.45, 2.75) is 18.9 Å². The quantitative estimate of drug-likeness (QED) is 0.612. The predicted molar refractivity (Wildman–Crippen MR) is 72.1 cm³/mol. The van der Waals surface area contributed by atoms with Gasteiger partial charge in [0.2, 0.25) is 0 Å². The van der Waals surface area contributed by atoms with Crippen LogP contribution in [0.25, 0.3) is 0 Å². The van der Waals surface area contributed by atoms with Gasteiger partial charge in [-0.3, -0.25) is 4.79 Å². The highest BCUT2D eigenvalue weighted by molar-refractivity contribution is 14.1. The number of aliphatic hydroxyl groups is 1. The van der Waals surface area contributed by atoms with Crippen molar-refractivity contribution >= 4 is 34.5 Å². The molecule has 1 aromatic rings. The van der Waals surface area contributed by atoms with Crippen LogP contribution >= 0.6 is 22.6 Å². The topological polar surface area (TPSA) is 83.8 Å². The van der Waals surface area contributed by atoms with Gasteiger partial charge < -0.3 is 14.9 Å². The average molecular weight is 364 g/mol. The number of carboxylic acids is 1. The second-order valence-corrected chi connectivity index (χ2v) is 4.79. The summed E-state index contributed by atoms with van der Waals surface area (Å²) in [5, 5.41) is 18.5. The first-order valence-corrected chi connectivity index (χ1v) is 6.30. The Morgan fingerprint density at radius 2 is 2.11 bits per heavy atom. The number of carbonyl (C=O) groups is 2. The van der Waals surface area contributed by atoms with Crippen LogP contribution in [-0.2, 0) is 20.7 Å². The zero-order valence-electron chi connectivity index (χ0n) is 9.72. The average Bonchev–Trinajstić information content (AvgIpc) is 2.35. The molecule has 0 aliphatic carbocycles. The highest BCUT2D eigenvalue weighted by Gasteiger charge is 2.22. The number of aryl methyl sites for hydroxylation is 1. The minimum Gasteiger partial charge on any atom is -0.479 e. The standard InChI is InChI=1S/C12H13IO5/c1-18-9(14)6-5-7-3-2-4-8(13)10(7)11(15)12(16)17/h2-4,11,15H,5-6H2,1H3,(H,16,17). The Hall–Kier alpha value is -1.15. The zero-order valence-corrected chi connectivity index (χ0v) is 11.9. The number of aliphatic hydroxyl groups excluding tert-OH is 1. The van der Waals surface area contributed by atoms with E-state index in [-0.39, 0.29) is 12.4 Å². The van der Waals surface area contributed by atoms with Gasteiger partial charge in [0.1, 0.15) is 0 Å². The largest absolute Gasteiger partial charge is 0.479 e. The summed E-state index contributed by atoms with van der Waals surface area (Å²) in [7, 11) is 1.30. The summed E-state index contributed by atoms with van der Waals surface area (Å²) < 4.78 is 5.19. The number of ether oxygens (including phenoxy) is 1. The summed E-state index contributed by atoms with van der Waals surface area (Å²) in [5.41, 5.74) is 0.983. The highest BCUT2D eigenvalue weighted by Crippen LogP contribution is 2.25. The number of carboxylic acid groups (broad SMARTS) is 1. The molecule has 5 nitrogen and oxygen atoms in total. The molecule has 0 aromatic heterocycles. The molecular formula is C12H13IO5. The second-order valence-electron chi connectivity index (χ2n) is 3.63. The van der Waals surface area contributed by atoms with Crippen molar-refractivity contribution in [2.24, 2.45) is 0 Å². The van der Waals surface area contributed by atoms with Crippen molar-refractivity contribution in [1.82, 2.24) is 0 Å². The predicted octanol–water partition coefficient (Wildman–Crippen LogP) is 1.51. The molecule has 0 bridgehead atoms. The molecule has 2 N–H and O–H groups in total. The Kier molecular flexibility index (Phi) is 5.54. The smallest absolute Gasteiger partial charge is 0.337 e. The number of aliphatic carboxylic acids is 1. The molecule has 1 rings (SSSR count). The first-order valence-electron chi connectivity index (χ1n) is 5.22. The lowest BCUT2D eigenvalue weighted by Gasteiger charge is -2.14. The summed E-state index contributed by atoms with van der Waals surface area (Å²) in [6, 6.07) is 5.17. The second kappa shape index (κ2) is 6.69. The lowest BCUT2D eigenvalue weighted by atomic mass is 9.99. The van der Waals surface area contributed by atoms with E-state index in [9.17, 15) is 14.7 Å².